The Kier molecular flexibility index (Phi) is 4.55. The van der Waals surface area contributed by atoms with Crippen molar-refractivity contribution in [2.24, 2.45) is 5.41 Å². The lowest BCUT2D eigenvalue weighted by atomic mass is 9.83. The zero-order chi connectivity index (χ0) is 13.1. The highest BCUT2D eigenvalue weighted by Crippen LogP contribution is 2.29. The number of morpholine rings is 1. The molecule has 0 aromatic rings. The number of aliphatic carboxylic acids is 1. The highest BCUT2D eigenvalue weighted by Gasteiger charge is 2.39. The van der Waals surface area contributed by atoms with Gasteiger partial charge in [-0.3, -0.25) is 9.69 Å². The fourth-order valence-electron chi connectivity index (χ4n) is 2.41. The number of carboxylic acid groups (broad SMARTS) is 1. The van der Waals surface area contributed by atoms with Gasteiger partial charge < -0.3 is 9.84 Å². The average Bonchev–Trinajstić information content (AvgIpc) is 2.21. The monoisotopic (exact) mass is 243 g/mol. The molecule has 4 heteroatoms. The summed E-state index contributed by atoms with van der Waals surface area (Å²) in [6.07, 6.45) is 1.61. The lowest BCUT2D eigenvalue weighted by Crippen LogP contribution is -2.57. The van der Waals surface area contributed by atoms with Crippen LogP contribution in [-0.2, 0) is 9.53 Å². The minimum Gasteiger partial charge on any atom is -0.481 e. The van der Waals surface area contributed by atoms with Gasteiger partial charge in [-0.15, -0.1) is 0 Å². The Morgan fingerprint density at radius 2 is 2.18 bits per heavy atom. The molecule has 0 amide bonds. The summed E-state index contributed by atoms with van der Waals surface area (Å²) in [5.74, 6) is -0.693. The number of carbonyl (C=O) groups is 1. The Labute approximate surface area is 104 Å². The van der Waals surface area contributed by atoms with E-state index in [1.807, 2.05) is 13.8 Å². The Morgan fingerprint density at radius 1 is 1.53 bits per heavy atom. The highest BCUT2D eigenvalue weighted by molar-refractivity contribution is 5.74. The summed E-state index contributed by atoms with van der Waals surface area (Å²) in [5, 5.41) is 9.41. The lowest BCUT2D eigenvalue weighted by Gasteiger charge is -2.45. The third-order valence-corrected chi connectivity index (χ3v) is 3.67. The minimum absolute atomic E-state index is 0.0668. The Hall–Kier alpha value is -0.610. The van der Waals surface area contributed by atoms with Gasteiger partial charge in [0.2, 0.25) is 0 Å². The van der Waals surface area contributed by atoms with E-state index < -0.39 is 11.4 Å². The first-order chi connectivity index (χ1) is 7.82. The molecule has 1 aliphatic rings. The van der Waals surface area contributed by atoms with Crippen LogP contribution in [0.1, 0.15) is 40.5 Å². The van der Waals surface area contributed by atoms with Gasteiger partial charge in [-0.2, -0.15) is 0 Å². The summed E-state index contributed by atoms with van der Waals surface area (Å²) < 4.78 is 5.46. The number of hydrogen-bond donors (Lipinski definition) is 1. The summed E-state index contributed by atoms with van der Waals surface area (Å²) in [6.45, 7) is 10.9. The molecule has 1 fully saturated rings. The van der Waals surface area contributed by atoms with Crippen LogP contribution in [-0.4, -0.2) is 47.8 Å². The molecular weight excluding hydrogens is 218 g/mol. The standard InChI is InChI=1S/C13H25NO3/c1-5-6-13(4,11(15)16)9-14-7-8-17-10-12(14,2)3/h5-10H2,1-4H3,(H,15,16). The Balaban J connectivity index is 2.75. The van der Waals surface area contributed by atoms with Gasteiger partial charge in [0.1, 0.15) is 0 Å². The molecule has 1 rings (SSSR count). The first-order valence-corrected chi connectivity index (χ1v) is 6.38. The number of nitrogens with zero attached hydrogens (tertiary/aromatic N) is 1. The van der Waals surface area contributed by atoms with E-state index in [0.717, 1.165) is 19.4 Å². The van der Waals surface area contributed by atoms with E-state index in [2.05, 4.69) is 18.7 Å². The van der Waals surface area contributed by atoms with Crippen LogP contribution < -0.4 is 0 Å². The van der Waals surface area contributed by atoms with E-state index in [1.54, 1.807) is 0 Å². The molecule has 0 aliphatic carbocycles. The fourth-order valence-corrected chi connectivity index (χ4v) is 2.41. The molecular formula is C13H25NO3. The van der Waals surface area contributed by atoms with Gasteiger partial charge in [0.05, 0.1) is 18.6 Å². The van der Waals surface area contributed by atoms with E-state index >= 15 is 0 Å². The Bertz CT molecular complexity index is 278. The van der Waals surface area contributed by atoms with Crippen molar-refractivity contribution in [3.63, 3.8) is 0 Å². The second-order valence-corrected chi connectivity index (χ2v) is 5.90. The van der Waals surface area contributed by atoms with Gasteiger partial charge in [0.15, 0.2) is 0 Å². The van der Waals surface area contributed by atoms with Gasteiger partial charge in [-0.05, 0) is 27.2 Å². The zero-order valence-corrected chi connectivity index (χ0v) is 11.5. The molecule has 1 unspecified atom stereocenters. The van der Waals surface area contributed by atoms with E-state index in [0.29, 0.717) is 19.8 Å². The number of ether oxygens (including phenoxy) is 1. The molecule has 0 bridgehead atoms. The fraction of sp³-hybridized carbons (Fsp3) is 0.923. The second-order valence-electron chi connectivity index (χ2n) is 5.90. The van der Waals surface area contributed by atoms with Crippen LogP contribution in [0, 0.1) is 5.41 Å². The molecule has 0 radical (unpaired) electrons. The van der Waals surface area contributed by atoms with Crippen LogP contribution in [0.5, 0.6) is 0 Å². The normalized spacial score (nSPS) is 24.2. The molecule has 1 atom stereocenters. The van der Waals surface area contributed by atoms with Crippen molar-refractivity contribution in [2.45, 2.75) is 46.1 Å². The number of hydrogen-bond acceptors (Lipinski definition) is 3. The molecule has 1 saturated heterocycles. The maximum Gasteiger partial charge on any atom is 0.310 e. The van der Waals surface area contributed by atoms with Crippen LogP contribution in [0.4, 0.5) is 0 Å². The van der Waals surface area contributed by atoms with Crippen molar-refractivity contribution in [2.75, 3.05) is 26.3 Å². The average molecular weight is 243 g/mol. The molecule has 100 valence electrons. The van der Waals surface area contributed by atoms with Crippen molar-refractivity contribution in [3.8, 4) is 0 Å². The quantitative estimate of drug-likeness (QED) is 0.802. The van der Waals surface area contributed by atoms with Crippen LogP contribution in [0.2, 0.25) is 0 Å². The number of carboxylic acids is 1. The molecule has 17 heavy (non-hydrogen) atoms. The first-order valence-electron chi connectivity index (χ1n) is 6.38. The predicted molar refractivity (Wildman–Crippen MR) is 67.1 cm³/mol. The summed E-state index contributed by atoms with van der Waals surface area (Å²) in [6, 6.07) is 0. The first kappa shape index (κ1) is 14.5. The van der Waals surface area contributed by atoms with Gasteiger partial charge in [0, 0.05) is 18.6 Å². The molecule has 1 aliphatic heterocycles. The van der Waals surface area contributed by atoms with E-state index in [-0.39, 0.29) is 5.54 Å². The zero-order valence-electron chi connectivity index (χ0n) is 11.5. The van der Waals surface area contributed by atoms with Crippen molar-refractivity contribution in [1.82, 2.24) is 4.90 Å². The predicted octanol–water partition coefficient (Wildman–Crippen LogP) is 1.99. The molecule has 0 aromatic carbocycles. The van der Waals surface area contributed by atoms with Gasteiger partial charge in [-0.1, -0.05) is 13.3 Å². The molecule has 4 nitrogen and oxygen atoms in total. The van der Waals surface area contributed by atoms with E-state index in [9.17, 15) is 9.90 Å². The molecule has 0 saturated carbocycles. The summed E-state index contributed by atoms with van der Waals surface area (Å²) >= 11 is 0. The van der Waals surface area contributed by atoms with Crippen LogP contribution in [0.25, 0.3) is 0 Å². The van der Waals surface area contributed by atoms with Gasteiger partial charge >= 0.3 is 5.97 Å². The van der Waals surface area contributed by atoms with Crippen molar-refractivity contribution in [3.05, 3.63) is 0 Å². The highest BCUT2D eigenvalue weighted by atomic mass is 16.5. The maximum absolute atomic E-state index is 11.4. The van der Waals surface area contributed by atoms with Crippen LogP contribution in [0.3, 0.4) is 0 Å². The van der Waals surface area contributed by atoms with Crippen molar-refractivity contribution in [1.29, 1.82) is 0 Å². The number of rotatable bonds is 5. The smallest absolute Gasteiger partial charge is 0.310 e. The molecule has 1 heterocycles. The summed E-state index contributed by atoms with van der Waals surface area (Å²) in [5.41, 5.74) is -0.716. The topological polar surface area (TPSA) is 49.8 Å². The van der Waals surface area contributed by atoms with Crippen molar-refractivity contribution < 1.29 is 14.6 Å². The Morgan fingerprint density at radius 3 is 2.65 bits per heavy atom. The van der Waals surface area contributed by atoms with E-state index in [4.69, 9.17) is 4.74 Å². The summed E-state index contributed by atoms with van der Waals surface area (Å²) in [4.78, 5) is 13.7. The minimum atomic E-state index is -0.693. The maximum atomic E-state index is 11.4. The molecule has 0 aromatic heterocycles. The van der Waals surface area contributed by atoms with Crippen LogP contribution in [0.15, 0.2) is 0 Å². The second kappa shape index (κ2) is 5.36. The van der Waals surface area contributed by atoms with Gasteiger partial charge in [0.25, 0.3) is 0 Å². The third kappa shape index (κ3) is 3.42. The molecule has 0 spiro atoms. The molecule has 1 N–H and O–H groups in total. The lowest BCUT2D eigenvalue weighted by molar-refractivity contribution is -0.152. The third-order valence-electron chi connectivity index (χ3n) is 3.67. The SMILES string of the molecule is CCCC(C)(CN1CCOCC1(C)C)C(=O)O. The van der Waals surface area contributed by atoms with Gasteiger partial charge in [-0.25, -0.2) is 0 Å². The van der Waals surface area contributed by atoms with E-state index in [1.165, 1.54) is 0 Å². The van der Waals surface area contributed by atoms with Crippen LogP contribution >= 0.6 is 0 Å². The van der Waals surface area contributed by atoms with Crippen molar-refractivity contribution >= 4 is 5.97 Å². The summed E-state index contributed by atoms with van der Waals surface area (Å²) in [7, 11) is 0. The largest absolute Gasteiger partial charge is 0.481 e.